The molecular weight excluding hydrogens is 354 g/mol. The first kappa shape index (κ1) is 17.7. The van der Waals surface area contributed by atoms with Crippen molar-refractivity contribution >= 4 is 22.8 Å². The highest BCUT2D eigenvalue weighted by Gasteiger charge is 2.37. The van der Waals surface area contributed by atoms with Gasteiger partial charge in [-0.25, -0.2) is 23.5 Å². The molecule has 2 amide bonds. The summed E-state index contributed by atoms with van der Waals surface area (Å²) < 4.78 is 28.2. The fourth-order valence-corrected chi connectivity index (χ4v) is 3.88. The van der Waals surface area contributed by atoms with Crippen molar-refractivity contribution in [3.8, 4) is 0 Å². The lowest BCUT2D eigenvalue weighted by Gasteiger charge is -2.19. The number of hydrogen-bond acceptors (Lipinski definition) is 3. The molecule has 4 heterocycles. The van der Waals surface area contributed by atoms with Crippen molar-refractivity contribution in [3.05, 3.63) is 30.4 Å². The summed E-state index contributed by atoms with van der Waals surface area (Å²) in [6.45, 7) is 3.23. The molecule has 3 aromatic heterocycles. The Morgan fingerprint density at radius 2 is 2.19 bits per heavy atom. The number of imidazole rings is 1. The number of aromatic nitrogens is 4. The summed E-state index contributed by atoms with van der Waals surface area (Å²) >= 11 is 0. The van der Waals surface area contributed by atoms with Crippen LogP contribution in [0.15, 0.2) is 24.7 Å². The molecule has 4 rings (SSSR count). The van der Waals surface area contributed by atoms with Gasteiger partial charge in [-0.1, -0.05) is 13.3 Å². The third-order valence-corrected chi connectivity index (χ3v) is 5.25. The molecule has 2 N–H and O–H groups in total. The zero-order chi connectivity index (χ0) is 19.2. The van der Waals surface area contributed by atoms with Gasteiger partial charge in [0.15, 0.2) is 11.3 Å². The smallest absolute Gasteiger partial charge is 0.317 e. The minimum atomic E-state index is -2.92. The number of fused-ring (bicyclic) bond motifs is 3. The number of nitrogens with one attached hydrogen (secondary N) is 2. The van der Waals surface area contributed by atoms with E-state index in [4.69, 9.17) is 0 Å². The molecule has 1 saturated heterocycles. The minimum absolute atomic E-state index is 0.0818. The van der Waals surface area contributed by atoms with E-state index in [1.165, 1.54) is 0 Å². The van der Waals surface area contributed by atoms with Crippen LogP contribution < -0.4 is 5.32 Å². The molecule has 0 radical (unpaired) electrons. The van der Waals surface area contributed by atoms with Crippen molar-refractivity contribution in [2.45, 2.75) is 32.1 Å². The van der Waals surface area contributed by atoms with Gasteiger partial charge in [-0.3, -0.25) is 4.40 Å². The van der Waals surface area contributed by atoms with E-state index in [2.05, 4.69) is 31.6 Å². The van der Waals surface area contributed by atoms with Gasteiger partial charge in [0.1, 0.15) is 0 Å². The molecule has 1 aliphatic heterocycles. The number of hydrogen-bond donors (Lipinski definition) is 2. The number of halogens is 2. The number of nitrogens with zero attached hydrogens (tertiary/aromatic N) is 4. The Hall–Kier alpha value is -2.71. The van der Waals surface area contributed by atoms with E-state index in [9.17, 15) is 13.6 Å². The Kier molecular flexibility index (Phi) is 4.24. The summed E-state index contributed by atoms with van der Waals surface area (Å²) in [4.78, 5) is 25.9. The number of H-pyrrole nitrogens is 1. The van der Waals surface area contributed by atoms with Crippen LogP contribution in [0.25, 0.3) is 16.8 Å². The van der Waals surface area contributed by atoms with Gasteiger partial charge in [0.05, 0.1) is 18.3 Å². The van der Waals surface area contributed by atoms with Crippen molar-refractivity contribution in [1.82, 2.24) is 29.6 Å². The summed E-state index contributed by atoms with van der Waals surface area (Å²) in [7, 11) is 0. The molecule has 0 aliphatic carbocycles. The van der Waals surface area contributed by atoms with Gasteiger partial charge in [-0.05, 0) is 12.0 Å². The van der Waals surface area contributed by atoms with Crippen molar-refractivity contribution in [3.63, 3.8) is 0 Å². The average molecular weight is 376 g/mol. The number of rotatable bonds is 4. The van der Waals surface area contributed by atoms with E-state index in [0.29, 0.717) is 13.1 Å². The van der Waals surface area contributed by atoms with Crippen LogP contribution in [0.4, 0.5) is 13.6 Å². The Balaban J connectivity index is 1.63. The second-order valence-corrected chi connectivity index (χ2v) is 7.26. The molecule has 0 spiro atoms. The molecule has 27 heavy (non-hydrogen) atoms. The second-order valence-electron chi connectivity index (χ2n) is 7.26. The summed E-state index contributed by atoms with van der Waals surface area (Å²) in [5.74, 6) is -2.61. The van der Waals surface area contributed by atoms with Crippen LogP contribution in [0.3, 0.4) is 0 Å². The number of likely N-dealkylation sites (tertiary alicyclic amines) is 1. The molecule has 3 aromatic rings. The predicted molar refractivity (Wildman–Crippen MR) is 97.0 cm³/mol. The molecule has 0 bridgehead atoms. The standard InChI is InChI=1S/C18H22F2N6O/c1-3-11-8-25(17(27)24-10-18(2,19)20)9-12(11)14-6-22-15-7-23-16-13(26(14)15)4-5-21-16/h4-7,11-12,21H,3,8-10H2,1-2H3,(H,24,27)/t11-,12+/m1/s1. The highest BCUT2D eigenvalue weighted by molar-refractivity contribution is 5.76. The molecule has 0 unspecified atom stereocenters. The minimum Gasteiger partial charge on any atom is -0.345 e. The van der Waals surface area contributed by atoms with E-state index in [1.54, 1.807) is 11.1 Å². The van der Waals surface area contributed by atoms with Crippen molar-refractivity contribution in [2.75, 3.05) is 19.6 Å². The molecule has 1 aliphatic rings. The number of aromatic amines is 1. The SMILES string of the molecule is CC[C@@H]1CN(C(=O)NCC(C)(F)F)C[C@@H]1c1cnc2cnc3[nH]ccc3n12. The molecule has 0 aromatic carbocycles. The Morgan fingerprint density at radius 3 is 2.93 bits per heavy atom. The number of carbonyl (C=O) groups excluding carboxylic acids is 1. The van der Waals surface area contributed by atoms with Gasteiger partial charge in [0.2, 0.25) is 0 Å². The van der Waals surface area contributed by atoms with Gasteiger partial charge in [-0.15, -0.1) is 0 Å². The second kappa shape index (κ2) is 6.47. The zero-order valence-electron chi connectivity index (χ0n) is 15.2. The number of carbonyl (C=O) groups is 1. The molecule has 144 valence electrons. The molecular formula is C18H22F2N6O. The summed E-state index contributed by atoms with van der Waals surface area (Å²) in [5.41, 5.74) is 3.47. The number of amides is 2. The summed E-state index contributed by atoms with van der Waals surface area (Å²) in [5, 5.41) is 2.34. The third-order valence-electron chi connectivity index (χ3n) is 5.25. The van der Waals surface area contributed by atoms with Crippen LogP contribution >= 0.6 is 0 Å². The Morgan fingerprint density at radius 1 is 1.37 bits per heavy atom. The largest absolute Gasteiger partial charge is 0.345 e. The first-order chi connectivity index (χ1) is 12.9. The first-order valence-corrected chi connectivity index (χ1v) is 9.07. The van der Waals surface area contributed by atoms with Gasteiger partial charge in [0.25, 0.3) is 5.92 Å². The van der Waals surface area contributed by atoms with E-state index in [0.717, 1.165) is 35.8 Å². The maximum Gasteiger partial charge on any atom is 0.317 e. The highest BCUT2D eigenvalue weighted by atomic mass is 19.3. The lowest BCUT2D eigenvalue weighted by molar-refractivity contribution is 0.0241. The average Bonchev–Trinajstić information content (AvgIpc) is 3.33. The molecule has 9 heteroatoms. The van der Waals surface area contributed by atoms with Crippen molar-refractivity contribution in [1.29, 1.82) is 0 Å². The Bertz CT molecular complexity index is 975. The monoisotopic (exact) mass is 376 g/mol. The van der Waals surface area contributed by atoms with Crippen molar-refractivity contribution < 1.29 is 13.6 Å². The summed E-state index contributed by atoms with van der Waals surface area (Å²) in [6, 6.07) is 1.50. The van der Waals surface area contributed by atoms with Crippen LogP contribution in [-0.2, 0) is 0 Å². The normalized spacial score (nSPS) is 20.7. The van der Waals surface area contributed by atoms with E-state index in [-0.39, 0.29) is 11.8 Å². The lowest BCUT2D eigenvalue weighted by Crippen LogP contribution is -2.43. The predicted octanol–water partition coefficient (Wildman–Crippen LogP) is 3.00. The van der Waals surface area contributed by atoms with Crippen molar-refractivity contribution in [2.24, 2.45) is 5.92 Å². The van der Waals surface area contributed by atoms with E-state index in [1.807, 2.05) is 18.5 Å². The first-order valence-electron chi connectivity index (χ1n) is 9.07. The van der Waals surface area contributed by atoms with E-state index >= 15 is 0 Å². The number of alkyl halides is 2. The van der Waals surface area contributed by atoms with Crippen LogP contribution in [-0.4, -0.2) is 55.8 Å². The van der Waals surface area contributed by atoms with Crippen LogP contribution in [0.5, 0.6) is 0 Å². The fraction of sp³-hybridized carbons (Fsp3) is 0.500. The summed E-state index contributed by atoms with van der Waals surface area (Å²) in [6.07, 6.45) is 6.26. The Labute approximate surface area is 154 Å². The van der Waals surface area contributed by atoms with E-state index < -0.39 is 18.5 Å². The quantitative estimate of drug-likeness (QED) is 0.735. The van der Waals surface area contributed by atoms with Crippen LogP contribution in [0.1, 0.15) is 31.9 Å². The highest BCUT2D eigenvalue weighted by Crippen LogP contribution is 2.35. The molecule has 7 nitrogen and oxygen atoms in total. The van der Waals surface area contributed by atoms with Gasteiger partial charge in [-0.2, -0.15) is 0 Å². The molecule has 1 fully saturated rings. The maximum absolute atomic E-state index is 13.1. The molecule has 0 saturated carbocycles. The molecule has 2 atom stereocenters. The van der Waals surface area contributed by atoms with Gasteiger partial charge < -0.3 is 15.2 Å². The lowest BCUT2D eigenvalue weighted by atomic mass is 9.91. The fourth-order valence-electron chi connectivity index (χ4n) is 3.88. The third kappa shape index (κ3) is 3.22. The topological polar surface area (TPSA) is 78.3 Å². The zero-order valence-corrected chi connectivity index (χ0v) is 15.2. The van der Waals surface area contributed by atoms with Crippen LogP contribution in [0, 0.1) is 5.92 Å². The maximum atomic E-state index is 13.1. The van der Waals surface area contributed by atoms with Gasteiger partial charge in [0, 0.05) is 44.0 Å². The van der Waals surface area contributed by atoms with Crippen LogP contribution in [0.2, 0.25) is 0 Å². The number of urea groups is 1. The van der Waals surface area contributed by atoms with Gasteiger partial charge >= 0.3 is 6.03 Å².